The lowest BCUT2D eigenvalue weighted by Crippen LogP contribution is -2.26. The molecule has 1 atom stereocenters. The van der Waals surface area contributed by atoms with E-state index in [1.165, 1.54) is 37.0 Å². The van der Waals surface area contributed by atoms with Crippen molar-refractivity contribution in [1.29, 1.82) is 0 Å². The van der Waals surface area contributed by atoms with Gasteiger partial charge in [-0.1, -0.05) is 19.3 Å². The molecule has 1 fully saturated rings. The third kappa shape index (κ3) is 2.54. The molecule has 0 spiro atoms. The molecule has 0 radical (unpaired) electrons. The van der Waals surface area contributed by atoms with Crippen LogP contribution in [-0.2, 0) is 6.42 Å². The van der Waals surface area contributed by atoms with Crippen LogP contribution in [0.25, 0.3) is 0 Å². The number of fused-ring (bicyclic) bond motifs is 1. The first-order valence-corrected chi connectivity index (χ1v) is 8.09. The minimum atomic E-state index is -0.312. The molecule has 1 aromatic heterocycles. The molecular weight excluding hydrogens is 244 g/mol. The highest BCUT2D eigenvalue weighted by Gasteiger charge is 2.24. The predicted octanol–water partition coefficient (Wildman–Crippen LogP) is 3.28. The van der Waals surface area contributed by atoms with Gasteiger partial charge in [0, 0.05) is 18.0 Å². The van der Waals surface area contributed by atoms with Gasteiger partial charge in [-0.3, -0.25) is 0 Å². The van der Waals surface area contributed by atoms with Crippen LogP contribution >= 0.6 is 11.3 Å². The van der Waals surface area contributed by atoms with Gasteiger partial charge in [-0.05, 0) is 32.1 Å². The first-order valence-electron chi connectivity index (χ1n) is 7.27. The number of anilines is 1. The largest absolute Gasteiger partial charge is 0.387 e. The maximum absolute atomic E-state index is 10.00. The summed E-state index contributed by atoms with van der Waals surface area (Å²) < 4.78 is 0. The van der Waals surface area contributed by atoms with Crippen LogP contribution < -0.4 is 4.90 Å². The summed E-state index contributed by atoms with van der Waals surface area (Å²) in [5.74, 6) is 0. The van der Waals surface area contributed by atoms with E-state index in [4.69, 9.17) is 4.98 Å². The summed E-state index contributed by atoms with van der Waals surface area (Å²) in [7, 11) is 0. The van der Waals surface area contributed by atoms with Gasteiger partial charge in [-0.2, -0.15) is 0 Å². The average Bonchev–Trinajstić information content (AvgIpc) is 2.73. The van der Waals surface area contributed by atoms with Gasteiger partial charge in [-0.25, -0.2) is 4.98 Å². The van der Waals surface area contributed by atoms with Crippen LogP contribution in [-0.4, -0.2) is 23.2 Å². The van der Waals surface area contributed by atoms with Crippen LogP contribution in [0, 0.1) is 0 Å². The number of aliphatic hydroxyl groups excluding tert-OH is 1. The van der Waals surface area contributed by atoms with E-state index in [0.717, 1.165) is 43.2 Å². The zero-order valence-corrected chi connectivity index (χ0v) is 11.7. The van der Waals surface area contributed by atoms with Crippen LogP contribution in [0.5, 0.6) is 0 Å². The standard InChI is InChI=1S/C14H22N2OS/c17-11-7-6-8-12-13(11)15-14(18-12)16-9-4-2-1-3-5-10-16/h11,17H,1-10H2. The molecule has 1 unspecified atom stereocenters. The smallest absolute Gasteiger partial charge is 0.185 e. The first kappa shape index (κ1) is 12.4. The monoisotopic (exact) mass is 266 g/mol. The van der Waals surface area contributed by atoms with Crippen molar-refractivity contribution in [3.05, 3.63) is 10.6 Å². The van der Waals surface area contributed by atoms with Crippen molar-refractivity contribution in [2.24, 2.45) is 0 Å². The summed E-state index contributed by atoms with van der Waals surface area (Å²) >= 11 is 1.82. The summed E-state index contributed by atoms with van der Waals surface area (Å²) in [6, 6.07) is 0. The average molecular weight is 266 g/mol. The fraction of sp³-hybridized carbons (Fsp3) is 0.786. The van der Waals surface area contributed by atoms with E-state index in [1.54, 1.807) is 0 Å². The van der Waals surface area contributed by atoms with Gasteiger partial charge in [0.15, 0.2) is 5.13 Å². The van der Waals surface area contributed by atoms with E-state index < -0.39 is 0 Å². The summed E-state index contributed by atoms with van der Waals surface area (Å²) in [6.07, 6.45) is 9.45. The highest BCUT2D eigenvalue weighted by atomic mass is 32.1. The topological polar surface area (TPSA) is 36.4 Å². The predicted molar refractivity (Wildman–Crippen MR) is 75.3 cm³/mol. The van der Waals surface area contributed by atoms with E-state index in [1.807, 2.05) is 11.3 Å². The Labute approximate surface area is 113 Å². The fourth-order valence-electron chi connectivity index (χ4n) is 2.96. The van der Waals surface area contributed by atoms with Crippen molar-refractivity contribution in [2.75, 3.05) is 18.0 Å². The van der Waals surface area contributed by atoms with Crippen molar-refractivity contribution < 1.29 is 5.11 Å². The van der Waals surface area contributed by atoms with Gasteiger partial charge in [0.05, 0.1) is 11.8 Å². The van der Waals surface area contributed by atoms with Crippen LogP contribution in [0.1, 0.15) is 61.6 Å². The van der Waals surface area contributed by atoms with E-state index in [0.29, 0.717) is 0 Å². The maximum atomic E-state index is 10.00. The molecule has 2 heterocycles. The van der Waals surface area contributed by atoms with E-state index >= 15 is 0 Å². The normalized spacial score (nSPS) is 25.4. The Morgan fingerprint density at radius 1 is 1.06 bits per heavy atom. The second kappa shape index (κ2) is 5.57. The van der Waals surface area contributed by atoms with E-state index in [9.17, 15) is 5.11 Å². The van der Waals surface area contributed by atoms with Gasteiger partial charge in [-0.15, -0.1) is 11.3 Å². The zero-order valence-electron chi connectivity index (χ0n) is 10.9. The molecule has 1 saturated heterocycles. The molecule has 3 nitrogen and oxygen atoms in total. The van der Waals surface area contributed by atoms with Crippen molar-refractivity contribution in [3.63, 3.8) is 0 Å². The number of aliphatic hydroxyl groups is 1. The molecule has 1 aromatic rings. The molecular formula is C14H22N2OS. The molecule has 0 aromatic carbocycles. The number of aromatic nitrogens is 1. The highest BCUT2D eigenvalue weighted by Crippen LogP contribution is 2.37. The SMILES string of the molecule is OC1CCCc2sc(N3CCCCCCC3)nc21. The molecule has 4 heteroatoms. The number of hydrogen-bond donors (Lipinski definition) is 1. The Bertz CT molecular complexity index is 396. The summed E-state index contributed by atoms with van der Waals surface area (Å²) in [5.41, 5.74) is 0.975. The Balaban J connectivity index is 1.78. The van der Waals surface area contributed by atoms with Crippen molar-refractivity contribution >= 4 is 16.5 Å². The van der Waals surface area contributed by atoms with E-state index in [2.05, 4.69) is 4.90 Å². The zero-order chi connectivity index (χ0) is 12.4. The Kier molecular flexibility index (Phi) is 3.85. The third-order valence-corrected chi connectivity index (χ3v) is 5.23. The summed E-state index contributed by atoms with van der Waals surface area (Å²) in [4.78, 5) is 8.49. The van der Waals surface area contributed by atoms with E-state index in [-0.39, 0.29) is 6.10 Å². The van der Waals surface area contributed by atoms with Gasteiger partial charge in [0.1, 0.15) is 0 Å². The Morgan fingerprint density at radius 2 is 1.78 bits per heavy atom. The molecule has 0 saturated carbocycles. The van der Waals surface area contributed by atoms with Crippen LogP contribution in [0.2, 0.25) is 0 Å². The highest BCUT2D eigenvalue weighted by molar-refractivity contribution is 7.15. The number of aryl methyl sites for hydroxylation is 1. The summed E-state index contributed by atoms with van der Waals surface area (Å²) in [6.45, 7) is 2.28. The molecule has 1 N–H and O–H groups in total. The van der Waals surface area contributed by atoms with Gasteiger partial charge < -0.3 is 10.0 Å². The third-order valence-electron chi connectivity index (χ3n) is 4.04. The lowest BCUT2D eigenvalue weighted by Gasteiger charge is -2.23. The second-order valence-electron chi connectivity index (χ2n) is 5.47. The number of rotatable bonds is 1. The Morgan fingerprint density at radius 3 is 2.50 bits per heavy atom. The van der Waals surface area contributed by atoms with Crippen LogP contribution in [0.4, 0.5) is 5.13 Å². The number of nitrogens with zero attached hydrogens (tertiary/aromatic N) is 2. The molecule has 2 aliphatic rings. The van der Waals surface area contributed by atoms with Crippen LogP contribution in [0.15, 0.2) is 0 Å². The first-order chi connectivity index (χ1) is 8.84. The van der Waals surface area contributed by atoms with Crippen LogP contribution in [0.3, 0.4) is 0 Å². The van der Waals surface area contributed by atoms with Gasteiger partial charge >= 0.3 is 0 Å². The minimum absolute atomic E-state index is 0.312. The molecule has 1 aliphatic heterocycles. The molecule has 3 rings (SSSR count). The number of thiazole rings is 1. The molecule has 1 aliphatic carbocycles. The van der Waals surface area contributed by atoms with Crippen molar-refractivity contribution in [2.45, 2.75) is 57.5 Å². The lowest BCUT2D eigenvalue weighted by molar-refractivity contribution is 0.153. The van der Waals surface area contributed by atoms with Gasteiger partial charge in [0.25, 0.3) is 0 Å². The van der Waals surface area contributed by atoms with Crippen molar-refractivity contribution in [1.82, 2.24) is 4.98 Å². The van der Waals surface area contributed by atoms with Crippen molar-refractivity contribution in [3.8, 4) is 0 Å². The second-order valence-corrected chi connectivity index (χ2v) is 6.53. The quantitative estimate of drug-likeness (QED) is 0.847. The Hall–Kier alpha value is -0.610. The lowest BCUT2D eigenvalue weighted by atomic mass is 10.0. The fourth-order valence-corrected chi connectivity index (χ4v) is 4.17. The number of hydrogen-bond acceptors (Lipinski definition) is 4. The molecule has 0 bridgehead atoms. The molecule has 18 heavy (non-hydrogen) atoms. The molecule has 100 valence electrons. The minimum Gasteiger partial charge on any atom is -0.387 e. The molecule has 0 amide bonds. The maximum Gasteiger partial charge on any atom is 0.185 e. The summed E-state index contributed by atoms with van der Waals surface area (Å²) in [5, 5.41) is 11.2. The van der Waals surface area contributed by atoms with Gasteiger partial charge in [0.2, 0.25) is 0 Å².